The molecule has 0 bridgehead atoms. The van der Waals surface area contributed by atoms with E-state index in [1.54, 1.807) is 23.8 Å². The highest BCUT2D eigenvalue weighted by Gasteiger charge is 2.35. The normalized spacial score (nSPS) is 21.1. The van der Waals surface area contributed by atoms with Crippen LogP contribution in [0, 0.1) is 12.7 Å². The van der Waals surface area contributed by atoms with Gasteiger partial charge in [-0.05, 0) is 38.0 Å². The van der Waals surface area contributed by atoms with Gasteiger partial charge < -0.3 is 9.88 Å². The summed E-state index contributed by atoms with van der Waals surface area (Å²) < 4.78 is 15.1. The lowest BCUT2D eigenvalue weighted by molar-refractivity contribution is -0.133. The number of fused-ring (bicyclic) bond motifs is 2. The van der Waals surface area contributed by atoms with E-state index in [1.807, 2.05) is 4.90 Å². The van der Waals surface area contributed by atoms with E-state index in [0.717, 1.165) is 12.8 Å². The number of aromatic amines is 1. The zero-order valence-electron chi connectivity index (χ0n) is 15.9. The zero-order valence-corrected chi connectivity index (χ0v) is 16.7. The number of thioether (sulfide) groups is 1. The molecule has 9 heteroatoms. The van der Waals surface area contributed by atoms with E-state index in [0.29, 0.717) is 39.9 Å². The fourth-order valence-corrected chi connectivity index (χ4v) is 5.31. The van der Waals surface area contributed by atoms with Crippen LogP contribution in [-0.2, 0) is 4.79 Å². The molecule has 4 heterocycles. The molecule has 1 N–H and O–H groups in total. The summed E-state index contributed by atoms with van der Waals surface area (Å²) in [6.45, 7) is 2.40. The number of benzene rings is 1. The Morgan fingerprint density at radius 3 is 3.14 bits per heavy atom. The van der Waals surface area contributed by atoms with Crippen molar-refractivity contribution in [3.8, 4) is 0 Å². The average molecular weight is 413 g/mol. The quantitative estimate of drug-likeness (QED) is 0.668. The van der Waals surface area contributed by atoms with Crippen molar-refractivity contribution in [2.75, 3.05) is 12.3 Å². The van der Waals surface area contributed by atoms with Crippen LogP contribution >= 0.6 is 11.8 Å². The average Bonchev–Trinajstić information content (AvgIpc) is 3.42. The molecule has 1 saturated heterocycles. The first kappa shape index (κ1) is 18.4. The van der Waals surface area contributed by atoms with E-state index >= 15 is 0 Å². The van der Waals surface area contributed by atoms with Crippen LogP contribution in [0.2, 0.25) is 0 Å². The third kappa shape index (κ3) is 3.13. The van der Waals surface area contributed by atoms with Crippen molar-refractivity contribution < 1.29 is 9.18 Å². The summed E-state index contributed by atoms with van der Waals surface area (Å²) in [7, 11) is 0. The van der Waals surface area contributed by atoms with Crippen molar-refractivity contribution in [2.24, 2.45) is 0 Å². The molecular formula is C20H20FN5O2S. The van der Waals surface area contributed by atoms with E-state index in [-0.39, 0.29) is 35.8 Å². The molecule has 5 rings (SSSR count). The van der Waals surface area contributed by atoms with E-state index < -0.39 is 0 Å². The van der Waals surface area contributed by atoms with Gasteiger partial charge in [0.15, 0.2) is 5.16 Å². The molecule has 150 valence electrons. The number of nitrogens with zero attached hydrogens (tertiary/aromatic N) is 4. The largest absolute Gasteiger partial charge is 0.340 e. The Morgan fingerprint density at radius 2 is 2.28 bits per heavy atom. The maximum Gasteiger partial charge on any atom is 0.257 e. The van der Waals surface area contributed by atoms with Gasteiger partial charge in [-0.2, -0.15) is 0 Å². The molecule has 1 fully saturated rings. The third-order valence-electron chi connectivity index (χ3n) is 5.66. The van der Waals surface area contributed by atoms with E-state index in [2.05, 4.69) is 15.0 Å². The molecule has 0 spiro atoms. The molecule has 2 unspecified atom stereocenters. The topological polar surface area (TPSA) is 83.9 Å². The number of carbonyl (C=O) groups excluding carboxylic acids is 1. The Hall–Kier alpha value is -2.68. The highest BCUT2D eigenvalue weighted by molar-refractivity contribution is 7.99. The molecule has 7 nitrogen and oxygen atoms in total. The maximum atomic E-state index is 13.5. The van der Waals surface area contributed by atoms with Crippen LogP contribution in [0.25, 0.3) is 11.0 Å². The minimum Gasteiger partial charge on any atom is -0.340 e. The van der Waals surface area contributed by atoms with Crippen molar-refractivity contribution >= 4 is 28.7 Å². The number of likely N-dealkylation sites (tertiary alicyclic amines) is 1. The minimum atomic E-state index is -0.321. The van der Waals surface area contributed by atoms with Crippen molar-refractivity contribution in [2.45, 2.75) is 43.4 Å². The van der Waals surface area contributed by atoms with Crippen molar-refractivity contribution in [1.29, 1.82) is 0 Å². The number of imidazole rings is 1. The first-order chi connectivity index (χ1) is 14.0. The lowest BCUT2D eigenvalue weighted by Gasteiger charge is -2.25. The summed E-state index contributed by atoms with van der Waals surface area (Å²) in [5.41, 5.74) is 1.83. The molecule has 0 aliphatic carbocycles. The Kier molecular flexibility index (Phi) is 4.42. The van der Waals surface area contributed by atoms with Gasteiger partial charge in [-0.25, -0.2) is 14.4 Å². The fraction of sp³-hybridized carbons (Fsp3) is 0.400. The number of H-pyrrole nitrogens is 1. The van der Waals surface area contributed by atoms with Crippen LogP contribution in [0.1, 0.15) is 42.7 Å². The first-order valence-corrected chi connectivity index (χ1v) is 10.7. The summed E-state index contributed by atoms with van der Waals surface area (Å²) >= 11 is 1.51. The van der Waals surface area contributed by atoms with Crippen LogP contribution in [0.4, 0.5) is 4.39 Å². The molecule has 1 amide bonds. The highest BCUT2D eigenvalue weighted by Crippen LogP contribution is 2.36. The Bertz CT molecular complexity index is 1170. The summed E-state index contributed by atoms with van der Waals surface area (Å²) in [5.74, 6) is 1.04. The summed E-state index contributed by atoms with van der Waals surface area (Å²) in [5, 5.41) is 0.677. The lowest BCUT2D eigenvalue weighted by Crippen LogP contribution is -2.35. The van der Waals surface area contributed by atoms with E-state index in [4.69, 9.17) is 0 Å². The molecule has 2 aliphatic heterocycles. The van der Waals surface area contributed by atoms with Crippen molar-refractivity contribution in [1.82, 2.24) is 24.4 Å². The number of hydrogen-bond acceptors (Lipinski definition) is 5. The summed E-state index contributed by atoms with van der Waals surface area (Å²) in [6.07, 6.45) is 3.55. The standard InChI is InChI=1S/C20H20FN5O2S/c1-11-9-22-20-26(19(11)28)13(10-29-20)8-17(27)25-6-2-3-16(25)18-23-14-5-4-12(21)7-15(14)24-18/h4-5,7,9,13,16H,2-3,6,8,10H2,1H3,(H,23,24). The number of halogens is 1. The molecule has 2 aromatic heterocycles. The Morgan fingerprint density at radius 1 is 1.41 bits per heavy atom. The van der Waals surface area contributed by atoms with Gasteiger partial charge in [0.1, 0.15) is 11.6 Å². The first-order valence-electron chi connectivity index (χ1n) is 9.67. The van der Waals surface area contributed by atoms with E-state index in [1.165, 1.54) is 23.9 Å². The predicted molar refractivity (Wildman–Crippen MR) is 107 cm³/mol. The number of amides is 1. The van der Waals surface area contributed by atoms with Crippen molar-refractivity contribution in [3.05, 3.63) is 52.0 Å². The van der Waals surface area contributed by atoms with Crippen LogP contribution in [0.5, 0.6) is 0 Å². The molecule has 29 heavy (non-hydrogen) atoms. The van der Waals surface area contributed by atoms with Gasteiger partial charge in [-0.1, -0.05) is 11.8 Å². The molecular weight excluding hydrogens is 393 g/mol. The molecule has 2 aliphatic rings. The predicted octanol–water partition coefficient (Wildman–Crippen LogP) is 2.97. The number of carbonyl (C=O) groups is 1. The highest BCUT2D eigenvalue weighted by atomic mass is 32.2. The second-order valence-corrected chi connectivity index (χ2v) is 8.58. The molecule has 0 saturated carbocycles. The van der Waals surface area contributed by atoms with Gasteiger partial charge in [0, 0.05) is 30.5 Å². The minimum absolute atomic E-state index is 0.00555. The molecule has 1 aromatic carbocycles. The molecule has 3 aromatic rings. The second kappa shape index (κ2) is 6.98. The number of rotatable bonds is 3. The van der Waals surface area contributed by atoms with Crippen LogP contribution < -0.4 is 5.56 Å². The SMILES string of the molecule is Cc1cnc2n(c1=O)C(CC(=O)N1CCCC1c1nc3ccc(F)cc3[nH]1)CS2. The van der Waals surface area contributed by atoms with Gasteiger partial charge >= 0.3 is 0 Å². The summed E-state index contributed by atoms with van der Waals surface area (Å²) in [4.78, 5) is 39.6. The number of hydrogen-bond donors (Lipinski definition) is 1. The zero-order chi connectivity index (χ0) is 20.1. The van der Waals surface area contributed by atoms with E-state index in [9.17, 15) is 14.0 Å². The van der Waals surface area contributed by atoms with Crippen molar-refractivity contribution in [3.63, 3.8) is 0 Å². The second-order valence-electron chi connectivity index (χ2n) is 7.60. The summed E-state index contributed by atoms with van der Waals surface area (Å²) in [6, 6.07) is 4.10. The molecule has 2 atom stereocenters. The van der Waals surface area contributed by atoms with Crippen LogP contribution in [-0.4, -0.2) is 42.6 Å². The molecule has 0 radical (unpaired) electrons. The third-order valence-corrected chi connectivity index (χ3v) is 6.77. The van der Waals surface area contributed by atoms with Gasteiger partial charge in [0.05, 0.1) is 23.1 Å². The van der Waals surface area contributed by atoms with Gasteiger partial charge in [0.25, 0.3) is 5.56 Å². The Balaban J connectivity index is 1.39. The fourth-order valence-electron chi connectivity index (χ4n) is 4.20. The number of aromatic nitrogens is 4. The monoisotopic (exact) mass is 413 g/mol. The van der Waals surface area contributed by atoms with Gasteiger partial charge in [-0.15, -0.1) is 0 Å². The lowest BCUT2D eigenvalue weighted by atomic mass is 10.1. The van der Waals surface area contributed by atoms with Crippen LogP contribution in [0.3, 0.4) is 0 Å². The van der Waals surface area contributed by atoms with Crippen LogP contribution in [0.15, 0.2) is 34.3 Å². The Labute approximate surface area is 170 Å². The number of aryl methyl sites for hydroxylation is 1. The maximum absolute atomic E-state index is 13.5. The van der Waals surface area contributed by atoms with Gasteiger partial charge in [0.2, 0.25) is 5.91 Å². The smallest absolute Gasteiger partial charge is 0.257 e. The van der Waals surface area contributed by atoms with Gasteiger partial charge in [-0.3, -0.25) is 14.2 Å². The number of nitrogens with one attached hydrogen (secondary N) is 1.